The van der Waals surface area contributed by atoms with Crippen molar-refractivity contribution in [2.45, 2.75) is 12.8 Å². The number of guanidine groups is 1. The Labute approximate surface area is 196 Å². The van der Waals surface area contributed by atoms with E-state index in [0.29, 0.717) is 30.5 Å². The molecule has 7 nitrogen and oxygen atoms in total. The van der Waals surface area contributed by atoms with Crippen molar-refractivity contribution in [3.8, 4) is 11.5 Å². The summed E-state index contributed by atoms with van der Waals surface area (Å²) in [5.41, 5.74) is 7.69. The third kappa shape index (κ3) is 8.90. The van der Waals surface area contributed by atoms with Gasteiger partial charge in [-0.25, -0.2) is 0 Å². The van der Waals surface area contributed by atoms with Gasteiger partial charge in [0, 0.05) is 23.1 Å². The van der Waals surface area contributed by atoms with Crippen LogP contribution >= 0.6 is 39.9 Å². The number of hydrogen-bond acceptors (Lipinski definition) is 4. The second-order valence-electron chi connectivity index (χ2n) is 5.94. The first kappa shape index (κ1) is 25.0. The van der Waals surface area contributed by atoms with E-state index in [1.54, 1.807) is 14.2 Å². The van der Waals surface area contributed by atoms with E-state index in [1.807, 2.05) is 42.5 Å². The zero-order valence-electron chi connectivity index (χ0n) is 16.4. The summed E-state index contributed by atoms with van der Waals surface area (Å²) in [5, 5.41) is 5.86. The van der Waals surface area contributed by atoms with Gasteiger partial charge in [0.05, 0.1) is 20.8 Å². The number of anilines is 1. The zero-order chi connectivity index (χ0) is 20.4. The van der Waals surface area contributed by atoms with E-state index in [4.69, 9.17) is 15.2 Å². The molecule has 1 amide bonds. The van der Waals surface area contributed by atoms with Crippen molar-refractivity contribution in [1.82, 2.24) is 5.32 Å². The first-order valence-corrected chi connectivity index (χ1v) is 9.61. The molecular weight excluding hydrogens is 551 g/mol. The van der Waals surface area contributed by atoms with Gasteiger partial charge in [0.25, 0.3) is 0 Å². The lowest BCUT2D eigenvalue weighted by Gasteiger charge is -2.10. The maximum atomic E-state index is 11.9. The molecule has 0 fully saturated rings. The summed E-state index contributed by atoms with van der Waals surface area (Å²) < 4.78 is 11.5. The topological polar surface area (TPSA) is 98.0 Å². The second-order valence-corrected chi connectivity index (χ2v) is 6.85. The number of amides is 1. The van der Waals surface area contributed by atoms with Crippen LogP contribution in [-0.2, 0) is 11.2 Å². The van der Waals surface area contributed by atoms with Gasteiger partial charge in [0.1, 0.15) is 0 Å². The Morgan fingerprint density at radius 1 is 1.10 bits per heavy atom. The van der Waals surface area contributed by atoms with Crippen molar-refractivity contribution in [2.75, 3.05) is 32.6 Å². The molecule has 0 spiro atoms. The van der Waals surface area contributed by atoms with E-state index in [1.165, 1.54) is 0 Å². The maximum absolute atomic E-state index is 11.9. The monoisotopic (exact) mass is 576 g/mol. The number of aliphatic imine (C=N–C) groups is 1. The van der Waals surface area contributed by atoms with Crippen LogP contribution in [-0.4, -0.2) is 39.2 Å². The van der Waals surface area contributed by atoms with E-state index in [9.17, 15) is 4.79 Å². The minimum Gasteiger partial charge on any atom is -0.493 e. The number of carbonyl (C=O) groups excluding carboxylic acids is 1. The van der Waals surface area contributed by atoms with E-state index in [0.717, 1.165) is 22.1 Å². The number of ether oxygens (including phenoxy) is 2. The first-order valence-electron chi connectivity index (χ1n) is 8.82. The molecule has 0 aliphatic heterocycles. The number of carbonyl (C=O) groups is 1. The Bertz CT molecular complexity index is 816. The molecule has 0 saturated carbocycles. The molecule has 0 aliphatic rings. The van der Waals surface area contributed by atoms with Crippen LogP contribution in [0.2, 0.25) is 0 Å². The second kappa shape index (κ2) is 13.3. The Kier molecular flexibility index (Phi) is 11.4. The highest BCUT2D eigenvalue weighted by molar-refractivity contribution is 14.0. The lowest BCUT2D eigenvalue weighted by molar-refractivity contribution is -0.116. The van der Waals surface area contributed by atoms with Gasteiger partial charge in [-0.05, 0) is 48.4 Å². The highest BCUT2D eigenvalue weighted by Gasteiger charge is 2.05. The summed E-state index contributed by atoms with van der Waals surface area (Å²) in [4.78, 5) is 16.1. The summed E-state index contributed by atoms with van der Waals surface area (Å²) in [6.07, 6.45) is 1.01. The number of rotatable bonds is 9. The summed E-state index contributed by atoms with van der Waals surface area (Å²) in [6.45, 7) is 0.938. The average molecular weight is 577 g/mol. The zero-order valence-corrected chi connectivity index (χ0v) is 20.3. The van der Waals surface area contributed by atoms with Crippen LogP contribution in [0.25, 0.3) is 0 Å². The highest BCUT2D eigenvalue weighted by Crippen LogP contribution is 2.27. The van der Waals surface area contributed by atoms with Crippen LogP contribution in [0, 0.1) is 0 Å². The van der Waals surface area contributed by atoms with Gasteiger partial charge in [-0.3, -0.25) is 9.79 Å². The molecule has 0 bridgehead atoms. The summed E-state index contributed by atoms with van der Waals surface area (Å²) in [7, 11) is 3.22. The fourth-order valence-electron chi connectivity index (χ4n) is 2.46. The fourth-order valence-corrected chi connectivity index (χ4v) is 2.73. The molecule has 0 heterocycles. The molecule has 9 heteroatoms. The number of benzene rings is 2. The number of nitrogens with two attached hydrogens (primary N) is 1. The molecule has 0 aliphatic carbocycles. The minimum absolute atomic E-state index is 0. The number of nitrogens with zero attached hydrogens (tertiary/aromatic N) is 1. The first-order chi connectivity index (χ1) is 13.5. The van der Waals surface area contributed by atoms with Crippen molar-refractivity contribution in [3.05, 3.63) is 52.5 Å². The van der Waals surface area contributed by atoms with Gasteiger partial charge in [-0.15, -0.1) is 24.0 Å². The van der Waals surface area contributed by atoms with Crippen molar-refractivity contribution in [1.29, 1.82) is 0 Å². The predicted molar refractivity (Wildman–Crippen MR) is 131 cm³/mol. The smallest absolute Gasteiger partial charge is 0.226 e. The lowest BCUT2D eigenvalue weighted by Crippen LogP contribution is -2.33. The molecule has 2 aromatic rings. The van der Waals surface area contributed by atoms with E-state index in [2.05, 4.69) is 31.6 Å². The van der Waals surface area contributed by atoms with E-state index >= 15 is 0 Å². The van der Waals surface area contributed by atoms with Crippen LogP contribution in [0.1, 0.15) is 12.0 Å². The number of nitrogens with one attached hydrogen (secondary N) is 2. The van der Waals surface area contributed by atoms with Crippen molar-refractivity contribution in [3.63, 3.8) is 0 Å². The van der Waals surface area contributed by atoms with Crippen LogP contribution < -0.4 is 25.8 Å². The molecular formula is C20H26BrIN4O3. The maximum Gasteiger partial charge on any atom is 0.226 e. The summed E-state index contributed by atoms with van der Waals surface area (Å²) in [5.74, 6) is 1.60. The van der Waals surface area contributed by atoms with Gasteiger partial charge in [-0.1, -0.05) is 22.0 Å². The normalized spacial score (nSPS) is 10.7. The minimum atomic E-state index is -0.107. The number of halogens is 2. The molecule has 4 N–H and O–H groups in total. The predicted octanol–water partition coefficient (Wildman–Crippen LogP) is 3.56. The summed E-state index contributed by atoms with van der Waals surface area (Å²) in [6, 6.07) is 13.2. The molecule has 0 aromatic heterocycles. The molecule has 0 atom stereocenters. The molecule has 0 unspecified atom stereocenters. The summed E-state index contributed by atoms with van der Waals surface area (Å²) >= 11 is 3.36. The van der Waals surface area contributed by atoms with Crippen molar-refractivity contribution < 1.29 is 14.3 Å². The van der Waals surface area contributed by atoms with Gasteiger partial charge < -0.3 is 25.8 Å². The Morgan fingerprint density at radius 3 is 2.45 bits per heavy atom. The van der Waals surface area contributed by atoms with E-state index < -0.39 is 0 Å². The van der Waals surface area contributed by atoms with Crippen LogP contribution in [0.15, 0.2) is 51.9 Å². The Balaban J connectivity index is 0.00000420. The highest BCUT2D eigenvalue weighted by atomic mass is 127. The number of methoxy groups -OCH3 is 2. The van der Waals surface area contributed by atoms with Crippen molar-refractivity contribution in [2.24, 2.45) is 10.7 Å². The van der Waals surface area contributed by atoms with Gasteiger partial charge in [-0.2, -0.15) is 0 Å². The molecule has 2 aromatic carbocycles. The van der Waals surface area contributed by atoms with Crippen molar-refractivity contribution >= 4 is 57.5 Å². The average Bonchev–Trinajstić information content (AvgIpc) is 2.69. The molecule has 0 saturated heterocycles. The van der Waals surface area contributed by atoms with Crippen LogP contribution in [0.3, 0.4) is 0 Å². The van der Waals surface area contributed by atoms with Crippen LogP contribution in [0.5, 0.6) is 11.5 Å². The fraction of sp³-hybridized carbons (Fsp3) is 0.300. The van der Waals surface area contributed by atoms with Gasteiger partial charge in [0.15, 0.2) is 17.5 Å². The van der Waals surface area contributed by atoms with Gasteiger partial charge >= 0.3 is 0 Å². The third-order valence-electron chi connectivity index (χ3n) is 3.92. The third-order valence-corrected chi connectivity index (χ3v) is 4.45. The lowest BCUT2D eigenvalue weighted by atomic mass is 10.1. The Morgan fingerprint density at radius 2 is 1.79 bits per heavy atom. The molecule has 29 heavy (non-hydrogen) atoms. The van der Waals surface area contributed by atoms with Crippen LogP contribution in [0.4, 0.5) is 5.69 Å². The number of hydrogen-bond donors (Lipinski definition) is 3. The Hall–Kier alpha value is -2.01. The van der Waals surface area contributed by atoms with Gasteiger partial charge in [0.2, 0.25) is 5.91 Å². The van der Waals surface area contributed by atoms with E-state index in [-0.39, 0.29) is 36.3 Å². The SMILES string of the molecule is COc1ccc(CCNC(N)=NCCC(=O)Nc2ccc(Br)cc2)cc1OC.I. The largest absolute Gasteiger partial charge is 0.493 e. The quantitative estimate of drug-likeness (QED) is 0.241. The standard InChI is InChI=1S/C20H25BrN4O3.HI/c1-27-17-8-3-14(13-18(17)28-2)9-11-23-20(22)24-12-10-19(26)25-16-6-4-15(21)5-7-16;/h3-8,13H,9-12H2,1-2H3,(H,25,26)(H3,22,23,24);1H. The molecule has 2 rings (SSSR count). The molecule has 158 valence electrons. The molecule has 0 radical (unpaired) electrons.